The first-order valence-corrected chi connectivity index (χ1v) is 7.67. The number of hydrogen-bond donors (Lipinski definition) is 2. The van der Waals surface area contributed by atoms with E-state index in [0.29, 0.717) is 12.1 Å². The van der Waals surface area contributed by atoms with Gasteiger partial charge in [0.1, 0.15) is 11.5 Å². The van der Waals surface area contributed by atoms with Crippen LogP contribution in [-0.4, -0.2) is 16.0 Å². The van der Waals surface area contributed by atoms with Crippen LogP contribution in [0.2, 0.25) is 0 Å². The lowest BCUT2D eigenvalue weighted by molar-refractivity contribution is -0.143. The van der Waals surface area contributed by atoms with Crippen LogP contribution in [-0.2, 0) is 12.4 Å². The third-order valence-corrected chi connectivity index (χ3v) is 4.06. The van der Waals surface area contributed by atoms with Gasteiger partial charge in [0.05, 0.1) is 16.7 Å². The predicted octanol–water partition coefficient (Wildman–Crippen LogP) is 5.52. The van der Waals surface area contributed by atoms with Crippen LogP contribution in [0.3, 0.4) is 0 Å². The van der Waals surface area contributed by atoms with Crippen molar-refractivity contribution in [3.8, 4) is 11.5 Å². The van der Waals surface area contributed by atoms with Crippen molar-refractivity contribution in [1.82, 2.24) is 0 Å². The summed E-state index contributed by atoms with van der Waals surface area (Å²) in [6, 6.07) is 6.56. The van der Waals surface area contributed by atoms with Crippen LogP contribution in [0.1, 0.15) is 27.0 Å². The van der Waals surface area contributed by atoms with E-state index in [1.54, 1.807) is 0 Å². The third-order valence-electron chi connectivity index (χ3n) is 4.06. The maximum Gasteiger partial charge on any atom is 0.416 e. The van der Waals surface area contributed by atoms with Crippen LogP contribution < -0.4 is 0 Å². The standard InChI is InChI=1S/C19H10F6O3/c20-18(21,22)11-5-10(6-12(8-11)19(23,24)25)17(28)16-14-3-2-13(26)7-9(14)1-4-15(16)27/h1-8,26-27H. The molecule has 0 aliphatic heterocycles. The molecule has 0 aromatic heterocycles. The normalized spacial score (nSPS) is 12.4. The summed E-state index contributed by atoms with van der Waals surface area (Å²) < 4.78 is 78.1. The molecule has 3 rings (SSSR count). The Morgan fingerprint density at radius 1 is 0.750 bits per heavy atom. The number of alkyl halides is 6. The van der Waals surface area contributed by atoms with Crippen molar-refractivity contribution >= 4 is 16.6 Å². The van der Waals surface area contributed by atoms with E-state index < -0.39 is 46.1 Å². The van der Waals surface area contributed by atoms with E-state index >= 15 is 0 Å². The number of ketones is 1. The van der Waals surface area contributed by atoms with Crippen molar-refractivity contribution in [1.29, 1.82) is 0 Å². The zero-order chi connectivity index (χ0) is 20.9. The van der Waals surface area contributed by atoms with E-state index in [0.717, 1.165) is 6.07 Å². The number of rotatable bonds is 2. The number of halogens is 6. The van der Waals surface area contributed by atoms with Gasteiger partial charge in [-0.1, -0.05) is 6.07 Å². The molecule has 0 radical (unpaired) electrons. The first-order valence-electron chi connectivity index (χ1n) is 7.67. The maximum atomic E-state index is 13.0. The predicted molar refractivity (Wildman–Crippen MR) is 87.2 cm³/mol. The average Bonchev–Trinajstić information content (AvgIpc) is 2.59. The van der Waals surface area contributed by atoms with Crippen LogP contribution in [0.4, 0.5) is 26.3 Å². The second kappa shape index (κ2) is 6.43. The zero-order valence-electron chi connectivity index (χ0n) is 13.7. The Bertz CT molecular complexity index is 1050. The maximum absolute atomic E-state index is 13.0. The van der Waals surface area contributed by atoms with Crippen LogP contribution >= 0.6 is 0 Å². The lowest BCUT2D eigenvalue weighted by Gasteiger charge is -2.15. The van der Waals surface area contributed by atoms with Crippen LogP contribution in [0.15, 0.2) is 48.5 Å². The van der Waals surface area contributed by atoms with E-state index in [9.17, 15) is 41.4 Å². The molecule has 146 valence electrons. The largest absolute Gasteiger partial charge is 0.508 e. The van der Waals surface area contributed by atoms with E-state index in [-0.39, 0.29) is 22.6 Å². The Morgan fingerprint density at radius 3 is 1.86 bits per heavy atom. The zero-order valence-corrected chi connectivity index (χ0v) is 13.7. The summed E-state index contributed by atoms with van der Waals surface area (Å²) in [7, 11) is 0. The van der Waals surface area contributed by atoms with E-state index in [2.05, 4.69) is 0 Å². The molecule has 0 bridgehead atoms. The van der Waals surface area contributed by atoms with Gasteiger partial charge in [0.15, 0.2) is 5.78 Å². The molecule has 0 saturated heterocycles. The summed E-state index contributed by atoms with van der Waals surface area (Å²) in [5.41, 5.74) is -4.62. The molecule has 0 amide bonds. The highest BCUT2D eigenvalue weighted by atomic mass is 19.4. The van der Waals surface area contributed by atoms with E-state index in [1.807, 2.05) is 0 Å². The van der Waals surface area contributed by atoms with E-state index in [4.69, 9.17) is 0 Å². The molecule has 3 aromatic rings. The number of phenols is 2. The summed E-state index contributed by atoms with van der Waals surface area (Å²) in [6.07, 6.45) is -10.2. The monoisotopic (exact) mass is 400 g/mol. The van der Waals surface area contributed by atoms with Gasteiger partial charge < -0.3 is 10.2 Å². The van der Waals surface area contributed by atoms with Gasteiger partial charge in [-0.2, -0.15) is 26.3 Å². The van der Waals surface area contributed by atoms with Gasteiger partial charge >= 0.3 is 12.4 Å². The van der Waals surface area contributed by atoms with E-state index in [1.165, 1.54) is 24.3 Å². The highest BCUT2D eigenvalue weighted by Crippen LogP contribution is 2.38. The van der Waals surface area contributed by atoms with Crippen molar-refractivity contribution in [3.63, 3.8) is 0 Å². The average molecular weight is 400 g/mol. The number of hydrogen-bond acceptors (Lipinski definition) is 3. The Balaban J connectivity index is 2.26. The lowest BCUT2D eigenvalue weighted by atomic mass is 9.93. The molecule has 0 aliphatic rings. The number of aromatic hydroxyl groups is 2. The molecule has 0 aliphatic carbocycles. The molecule has 0 heterocycles. The lowest BCUT2D eigenvalue weighted by Crippen LogP contribution is -2.14. The quantitative estimate of drug-likeness (QED) is 0.440. The van der Waals surface area contributed by atoms with Crippen LogP contribution in [0, 0.1) is 0 Å². The van der Waals surface area contributed by atoms with Gasteiger partial charge in [-0.15, -0.1) is 0 Å². The third kappa shape index (κ3) is 3.60. The second-order valence-electron chi connectivity index (χ2n) is 5.99. The Hall–Kier alpha value is -3.23. The Kier molecular flexibility index (Phi) is 4.49. The van der Waals surface area contributed by atoms with Crippen molar-refractivity contribution in [3.05, 3.63) is 70.8 Å². The molecule has 0 fully saturated rings. The SMILES string of the molecule is O=C(c1cc(C(F)(F)F)cc(C(F)(F)F)c1)c1c(O)ccc2cc(O)ccc12. The second-order valence-corrected chi connectivity index (χ2v) is 5.99. The van der Waals surface area contributed by atoms with Gasteiger partial charge in [0.25, 0.3) is 0 Å². The Morgan fingerprint density at radius 2 is 1.32 bits per heavy atom. The first kappa shape index (κ1) is 19.5. The van der Waals surface area contributed by atoms with Crippen LogP contribution in [0.25, 0.3) is 10.8 Å². The summed E-state index contributed by atoms with van der Waals surface area (Å²) in [5.74, 6) is -2.01. The molecule has 28 heavy (non-hydrogen) atoms. The Labute approximate surface area is 153 Å². The summed E-state index contributed by atoms with van der Waals surface area (Å²) in [6.45, 7) is 0. The summed E-state index contributed by atoms with van der Waals surface area (Å²) >= 11 is 0. The van der Waals surface area contributed by atoms with Gasteiger partial charge in [-0.25, -0.2) is 0 Å². The van der Waals surface area contributed by atoms with Crippen molar-refractivity contribution in [2.75, 3.05) is 0 Å². The molecule has 0 saturated carbocycles. The minimum atomic E-state index is -5.11. The van der Waals surface area contributed by atoms with Gasteiger partial charge in [0, 0.05) is 5.56 Å². The fourth-order valence-electron chi connectivity index (χ4n) is 2.77. The molecular weight excluding hydrogens is 390 g/mol. The number of carbonyl (C=O) groups excluding carboxylic acids is 1. The first-order chi connectivity index (χ1) is 12.9. The molecule has 2 N–H and O–H groups in total. The number of benzene rings is 3. The summed E-state index contributed by atoms with van der Waals surface area (Å²) in [5, 5.41) is 19.9. The molecule has 3 nitrogen and oxygen atoms in total. The van der Waals surface area contributed by atoms with Crippen molar-refractivity contribution in [2.45, 2.75) is 12.4 Å². The van der Waals surface area contributed by atoms with Crippen molar-refractivity contribution < 1.29 is 41.4 Å². The topological polar surface area (TPSA) is 57.5 Å². The summed E-state index contributed by atoms with van der Waals surface area (Å²) in [4.78, 5) is 12.8. The number of fused-ring (bicyclic) bond motifs is 1. The molecule has 0 spiro atoms. The molecule has 0 atom stereocenters. The molecule has 9 heteroatoms. The fraction of sp³-hybridized carbons (Fsp3) is 0.105. The van der Waals surface area contributed by atoms with Crippen molar-refractivity contribution in [2.24, 2.45) is 0 Å². The molecule has 0 unspecified atom stereocenters. The van der Waals surface area contributed by atoms with Gasteiger partial charge in [-0.3, -0.25) is 4.79 Å². The highest BCUT2D eigenvalue weighted by Gasteiger charge is 2.37. The molecular formula is C19H10F6O3. The van der Waals surface area contributed by atoms with Gasteiger partial charge in [0.2, 0.25) is 0 Å². The van der Waals surface area contributed by atoms with Crippen LogP contribution in [0.5, 0.6) is 11.5 Å². The minimum absolute atomic E-state index is 0.0637. The smallest absolute Gasteiger partial charge is 0.416 e. The van der Waals surface area contributed by atoms with Gasteiger partial charge in [-0.05, 0) is 53.2 Å². The number of phenolic OH excluding ortho intramolecular Hbond substituents is 2. The fourth-order valence-corrected chi connectivity index (χ4v) is 2.77. The molecule has 3 aromatic carbocycles. The number of carbonyl (C=O) groups is 1. The highest BCUT2D eigenvalue weighted by molar-refractivity contribution is 6.18. The minimum Gasteiger partial charge on any atom is -0.508 e.